The molecule has 0 aliphatic carbocycles. The van der Waals surface area contributed by atoms with Crippen molar-refractivity contribution < 1.29 is 13.9 Å². The number of halogens is 2. The Kier molecular flexibility index (Phi) is 4.63. The third-order valence-electron chi connectivity index (χ3n) is 6.83. The van der Waals surface area contributed by atoms with Gasteiger partial charge in [-0.15, -0.1) is 10.2 Å². The van der Waals surface area contributed by atoms with Gasteiger partial charge in [0.1, 0.15) is 23.8 Å². The van der Waals surface area contributed by atoms with E-state index in [2.05, 4.69) is 32.1 Å². The van der Waals surface area contributed by atoms with Crippen molar-refractivity contribution >= 4 is 5.57 Å². The maximum absolute atomic E-state index is 15.3. The molecule has 2 aliphatic rings. The van der Waals surface area contributed by atoms with E-state index in [1.807, 2.05) is 6.07 Å². The van der Waals surface area contributed by atoms with Crippen LogP contribution in [0.5, 0.6) is 5.75 Å². The lowest BCUT2D eigenvalue weighted by Gasteiger charge is -2.44. The van der Waals surface area contributed by atoms with Crippen LogP contribution in [0, 0.1) is 5.92 Å². The van der Waals surface area contributed by atoms with E-state index in [0.717, 1.165) is 5.69 Å². The maximum atomic E-state index is 15.3. The number of phenolic OH excluding ortho intramolecular Hbond substituents is 1. The normalized spacial score (nSPS) is 31.6. The molecule has 166 valence electrons. The number of rotatable bonds is 4. The van der Waals surface area contributed by atoms with Gasteiger partial charge in [-0.2, -0.15) is 0 Å². The molecule has 7 nitrogen and oxygen atoms in total. The van der Waals surface area contributed by atoms with Crippen LogP contribution >= 0.6 is 0 Å². The molecule has 0 amide bonds. The second kappa shape index (κ2) is 7.16. The van der Waals surface area contributed by atoms with Gasteiger partial charge in [0, 0.05) is 41.9 Å². The summed E-state index contributed by atoms with van der Waals surface area (Å²) in [7, 11) is 0. The summed E-state index contributed by atoms with van der Waals surface area (Å²) in [5.41, 5.74) is 0.245. The van der Waals surface area contributed by atoms with E-state index in [1.165, 1.54) is 6.20 Å². The first kappa shape index (κ1) is 20.7. The number of fused-ring (bicyclic) bond motifs is 2. The summed E-state index contributed by atoms with van der Waals surface area (Å²) < 4.78 is 31.7. The number of hydrogen-bond donors (Lipinski definition) is 2. The van der Waals surface area contributed by atoms with Crippen LogP contribution in [0.1, 0.15) is 32.5 Å². The van der Waals surface area contributed by atoms with Crippen molar-refractivity contribution in [2.24, 2.45) is 5.92 Å². The van der Waals surface area contributed by atoms with E-state index in [0.29, 0.717) is 16.8 Å². The van der Waals surface area contributed by atoms with E-state index in [-0.39, 0.29) is 24.4 Å². The molecule has 9 heteroatoms. The molecule has 2 N–H and O–H groups in total. The fraction of sp³-hybridized carbons (Fsp3) is 0.391. The van der Waals surface area contributed by atoms with Crippen molar-refractivity contribution in [2.45, 2.75) is 50.1 Å². The van der Waals surface area contributed by atoms with Crippen LogP contribution in [0.25, 0.3) is 22.5 Å². The number of phenols is 1. The van der Waals surface area contributed by atoms with Crippen molar-refractivity contribution in [3.63, 3.8) is 0 Å². The highest BCUT2D eigenvalue weighted by Gasteiger charge is 2.61. The number of benzene rings is 1. The minimum atomic E-state index is -1.31. The molecule has 32 heavy (non-hydrogen) atoms. The first-order valence-electron chi connectivity index (χ1n) is 10.5. The van der Waals surface area contributed by atoms with Gasteiger partial charge in [-0.3, -0.25) is 0 Å². The van der Waals surface area contributed by atoms with Gasteiger partial charge < -0.3 is 15.0 Å². The smallest absolute Gasteiger partial charge is 0.177 e. The molecule has 4 heterocycles. The predicted molar refractivity (Wildman–Crippen MR) is 116 cm³/mol. The van der Waals surface area contributed by atoms with E-state index >= 15 is 4.39 Å². The largest absolute Gasteiger partial charge is 0.507 e. The lowest BCUT2D eigenvalue weighted by Crippen LogP contribution is -2.61. The standard InChI is InChI=1S/C23H24F2N6O/c1-13(16-9-22(2)19(24)10-23(3,30-22)20(16)25)21-27-11-17(28-29-21)15-5-4-14(8-18(15)32)31-7-6-26-12-31/h4-8,11-12,16,19-20,30,32H,1,9-10H2,2-3H3/t16-,19-,20-,22-,23-/m0/s1. The number of aromatic hydroxyl groups is 1. The van der Waals surface area contributed by atoms with Gasteiger partial charge in [0.25, 0.3) is 0 Å². The van der Waals surface area contributed by atoms with Gasteiger partial charge in [-0.25, -0.2) is 18.7 Å². The van der Waals surface area contributed by atoms with Crippen molar-refractivity contribution in [3.8, 4) is 22.7 Å². The van der Waals surface area contributed by atoms with Crippen molar-refractivity contribution in [1.29, 1.82) is 0 Å². The number of imidazole rings is 1. The Hall–Kier alpha value is -3.20. The second-order valence-corrected chi connectivity index (χ2v) is 9.21. The maximum Gasteiger partial charge on any atom is 0.177 e. The summed E-state index contributed by atoms with van der Waals surface area (Å²) in [6.07, 6.45) is 4.48. The Morgan fingerprint density at radius 1 is 1.22 bits per heavy atom. The number of hydrogen-bond acceptors (Lipinski definition) is 6. The molecule has 5 rings (SSSR count). The average Bonchev–Trinajstić information content (AvgIpc) is 3.37. The molecule has 0 unspecified atom stereocenters. The van der Waals surface area contributed by atoms with Gasteiger partial charge in [0.2, 0.25) is 0 Å². The first-order chi connectivity index (χ1) is 15.2. The molecule has 2 saturated heterocycles. The molecule has 2 aliphatic heterocycles. The molecular weight excluding hydrogens is 414 g/mol. The Balaban J connectivity index is 1.39. The van der Waals surface area contributed by atoms with Crippen LogP contribution in [-0.2, 0) is 0 Å². The molecule has 0 radical (unpaired) electrons. The third-order valence-corrected chi connectivity index (χ3v) is 6.83. The van der Waals surface area contributed by atoms with Gasteiger partial charge in [0.15, 0.2) is 5.82 Å². The third kappa shape index (κ3) is 3.19. The lowest BCUT2D eigenvalue weighted by molar-refractivity contribution is 0.0707. The zero-order valence-corrected chi connectivity index (χ0v) is 17.8. The predicted octanol–water partition coefficient (Wildman–Crippen LogP) is 3.65. The molecule has 2 fully saturated rings. The van der Waals surface area contributed by atoms with Gasteiger partial charge in [-0.05, 0) is 38.0 Å². The Bertz CT molecular complexity index is 1170. The van der Waals surface area contributed by atoms with Crippen LogP contribution in [-0.4, -0.2) is 53.3 Å². The number of allylic oxidation sites excluding steroid dienone is 1. The fourth-order valence-electron chi connectivity index (χ4n) is 5.06. The molecule has 2 bridgehead atoms. The number of alkyl halides is 2. The Morgan fingerprint density at radius 3 is 2.69 bits per heavy atom. The Labute approximate surface area is 184 Å². The van der Waals surface area contributed by atoms with Crippen LogP contribution in [0.3, 0.4) is 0 Å². The number of aromatic nitrogens is 5. The number of nitrogens with zero attached hydrogens (tertiary/aromatic N) is 5. The van der Waals surface area contributed by atoms with Crippen molar-refractivity contribution in [3.05, 3.63) is 55.5 Å². The van der Waals surface area contributed by atoms with Gasteiger partial charge >= 0.3 is 0 Å². The van der Waals surface area contributed by atoms with E-state index in [9.17, 15) is 9.50 Å². The van der Waals surface area contributed by atoms with Crippen molar-refractivity contribution in [2.75, 3.05) is 0 Å². The topological polar surface area (TPSA) is 88.8 Å². The molecular formula is C23H24F2N6O. The number of nitrogens with one attached hydrogen (secondary N) is 1. The fourth-order valence-corrected chi connectivity index (χ4v) is 5.06. The molecule has 0 saturated carbocycles. The van der Waals surface area contributed by atoms with Crippen LogP contribution in [0.2, 0.25) is 0 Å². The summed E-state index contributed by atoms with van der Waals surface area (Å²) in [6.45, 7) is 7.53. The summed E-state index contributed by atoms with van der Waals surface area (Å²) in [5, 5.41) is 21.9. The highest BCUT2D eigenvalue weighted by molar-refractivity contribution is 5.68. The molecule has 0 spiro atoms. The van der Waals surface area contributed by atoms with Crippen LogP contribution < -0.4 is 5.32 Å². The van der Waals surface area contributed by atoms with E-state index in [4.69, 9.17) is 0 Å². The molecule has 2 aromatic heterocycles. The summed E-state index contributed by atoms with van der Waals surface area (Å²) >= 11 is 0. The summed E-state index contributed by atoms with van der Waals surface area (Å²) in [4.78, 5) is 8.33. The highest BCUT2D eigenvalue weighted by Crippen LogP contribution is 2.50. The lowest BCUT2D eigenvalue weighted by atomic mass is 9.75. The van der Waals surface area contributed by atoms with Crippen LogP contribution in [0.15, 0.2) is 49.7 Å². The van der Waals surface area contributed by atoms with Gasteiger partial charge in [0.05, 0.1) is 23.8 Å². The first-order valence-corrected chi connectivity index (χ1v) is 10.5. The zero-order valence-electron chi connectivity index (χ0n) is 17.8. The van der Waals surface area contributed by atoms with Crippen molar-refractivity contribution in [1.82, 2.24) is 30.0 Å². The summed E-state index contributed by atoms with van der Waals surface area (Å²) in [6, 6.07) is 5.13. The average molecular weight is 438 g/mol. The monoisotopic (exact) mass is 438 g/mol. The van der Waals surface area contributed by atoms with E-state index in [1.54, 1.807) is 49.3 Å². The number of piperidine rings is 1. The summed E-state index contributed by atoms with van der Waals surface area (Å²) in [5.74, 6) is -0.366. The minimum absolute atomic E-state index is 0.0208. The van der Waals surface area contributed by atoms with Crippen LogP contribution in [0.4, 0.5) is 8.78 Å². The minimum Gasteiger partial charge on any atom is -0.507 e. The quantitative estimate of drug-likeness (QED) is 0.647. The van der Waals surface area contributed by atoms with Gasteiger partial charge in [-0.1, -0.05) is 6.58 Å². The Morgan fingerprint density at radius 2 is 2.03 bits per heavy atom. The van der Waals surface area contributed by atoms with E-state index < -0.39 is 29.3 Å². The molecule has 1 aromatic carbocycles. The zero-order chi connectivity index (χ0) is 22.7. The second-order valence-electron chi connectivity index (χ2n) is 9.21. The molecule has 5 atom stereocenters. The molecule has 3 aromatic rings. The highest BCUT2D eigenvalue weighted by atomic mass is 19.1. The SMILES string of the molecule is C=C(c1ncc(-c2ccc(-n3ccnc3)cc2O)nn1)[C@@H]1C[C@]2(C)N[C@@](C)(C[C@@H]2F)[C@H]1F.